The zero-order valence-corrected chi connectivity index (χ0v) is 21.5. The number of nitrogens with one attached hydrogen (secondary N) is 1. The summed E-state index contributed by atoms with van der Waals surface area (Å²) in [6, 6.07) is 13.7. The number of guanidine groups is 1. The number of nitrogens with zero attached hydrogens (tertiary/aromatic N) is 2. The zero-order chi connectivity index (χ0) is 22.2. The Morgan fingerprint density at radius 2 is 2.03 bits per heavy atom. The maximum absolute atomic E-state index is 10.8. The van der Waals surface area contributed by atoms with Crippen molar-refractivity contribution in [3.05, 3.63) is 59.2 Å². The number of aryl methyl sites for hydroxylation is 1. The smallest absolute Gasteiger partial charge is 0.194 e. The fourth-order valence-corrected chi connectivity index (χ4v) is 3.77. The summed E-state index contributed by atoms with van der Waals surface area (Å²) in [5, 5.41) is 14.2. The number of methoxy groups -OCH3 is 2. The Morgan fingerprint density at radius 3 is 2.72 bits per heavy atom. The fraction of sp³-hybridized carbons (Fsp3) is 0.458. The van der Waals surface area contributed by atoms with Gasteiger partial charge in [-0.3, -0.25) is 4.99 Å². The molecule has 32 heavy (non-hydrogen) atoms. The first-order chi connectivity index (χ1) is 15.1. The maximum atomic E-state index is 10.8. The van der Waals surface area contributed by atoms with Crippen LogP contribution in [-0.4, -0.2) is 63.0 Å². The van der Waals surface area contributed by atoms with Crippen molar-refractivity contribution in [3.63, 3.8) is 0 Å². The number of rotatable bonds is 7. The third-order valence-corrected chi connectivity index (χ3v) is 5.45. The Bertz CT molecular complexity index is 893. The Kier molecular flexibility index (Phi) is 10.5. The second-order valence-electron chi connectivity index (χ2n) is 7.48. The van der Waals surface area contributed by atoms with E-state index in [0.717, 1.165) is 19.0 Å². The Labute approximate surface area is 207 Å². The van der Waals surface area contributed by atoms with Crippen molar-refractivity contribution in [1.82, 2.24) is 10.2 Å². The lowest BCUT2D eigenvalue weighted by Gasteiger charge is -2.36. The van der Waals surface area contributed by atoms with E-state index >= 15 is 0 Å². The van der Waals surface area contributed by atoms with Crippen LogP contribution < -0.4 is 14.8 Å². The minimum atomic E-state index is -0.813. The van der Waals surface area contributed by atoms with Gasteiger partial charge in [0.15, 0.2) is 5.96 Å². The molecule has 2 N–H and O–H groups in total. The molecule has 2 aromatic rings. The van der Waals surface area contributed by atoms with Crippen molar-refractivity contribution in [3.8, 4) is 11.5 Å². The molecule has 3 rings (SSSR count). The molecule has 0 aliphatic carbocycles. The first-order valence-electron chi connectivity index (χ1n) is 10.7. The molecule has 1 heterocycles. The summed E-state index contributed by atoms with van der Waals surface area (Å²) in [6.45, 7) is 7.16. The molecule has 1 fully saturated rings. The Hall–Kier alpha value is -2.04. The highest BCUT2D eigenvalue weighted by Gasteiger charge is 2.25. The topological polar surface area (TPSA) is 75.6 Å². The van der Waals surface area contributed by atoms with Gasteiger partial charge in [-0.25, -0.2) is 0 Å². The molecule has 0 bridgehead atoms. The van der Waals surface area contributed by atoms with Crippen molar-refractivity contribution >= 4 is 29.9 Å². The number of halogens is 1. The molecule has 2 unspecified atom stereocenters. The molecule has 0 aromatic heterocycles. The summed E-state index contributed by atoms with van der Waals surface area (Å²) in [6.07, 6.45) is -0.825. The number of hydrogen-bond acceptors (Lipinski definition) is 5. The van der Waals surface area contributed by atoms with E-state index in [1.807, 2.05) is 25.1 Å². The van der Waals surface area contributed by atoms with Crippen LogP contribution in [0.25, 0.3) is 0 Å². The normalized spacial score (nSPS) is 17.3. The molecule has 0 amide bonds. The van der Waals surface area contributed by atoms with Crippen molar-refractivity contribution < 1.29 is 19.3 Å². The lowest BCUT2D eigenvalue weighted by Crippen LogP contribution is -2.48. The monoisotopic (exact) mass is 555 g/mol. The SMILES string of the molecule is CCNC(=NCC(O)c1cc(OC)ccc1OC)N1CCOC(c2ccccc2C)C1.I. The van der Waals surface area contributed by atoms with Crippen molar-refractivity contribution in [1.29, 1.82) is 0 Å². The summed E-state index contributed by atoms with van der Waals surface area (Å²) in [5.74, 6) is 2.05. The number of aliphatic imine (C=N–C) groups is 1. The summed E-state index contributed by atoms with van der Waals surface area (Å²) < 4.78 is 16.7. The van der Waals surface area contributed by atoms with Crippen LogP contribution in [0.1, 0.15) is 35.8 Å². The van der Waals surface area contributed by atoms with E-state index in [1.54, 1.807) is 26.4 Å². The first-order valence-corrected chi connectivity index (χ1v) is 10.7. The maximum Gasteiger partial charge on any atom is 0.194 e. The molecule has 176 valence electrons. The van der Waals surface area contributed by atoms with Crippen LogP contribution in [0.5, 0.6) is 11.5 Å². The van der Waals surface area contributed by atoms with Gasteiger partial charge in [-0.2, -0.15) is 0 Å². The molecule has 0 radical (unpaired) electrons. The quantitative estimate of drug-likeness (QED) is 0.309. The van der Waals surface area contributed by atoms with E-state index in [4.69, 9.17) is 19.2 Å². The van der Waals surface area contributed by atoms with E-state index < -0.39 is 6.10 Å². The van der Waals surface area contributed by atoms with Crippen molar-refractivity contribution in [2.75, 3.05) is 47.0 Å². The number of ether oxygens (including phenoxy) is 3. The van der Waals surface area contributed by atoms with Crippen molar-refractivity contribution in [2.24, 2.45) is 4.99 Å². The lowest BCUT2D eigenvalue weighted by molar-refractivity contribution is -0.00839. The molecule has 0 spiro atoms. The van der Waals surface area contributed by atoms with E-state index in [0.29, 0.717) is 30.2 Å². The predicted molar refractivity (Wildman–Crippen MR) is 137 cm³/mol. The van der Waals surface area contributed by atoms with Gasteiger partial charge in [0.25, 0.3) is 0 Å². The predicted octanol–water partition coefficient (Wildman–Crippen LogP) is 3.70. The molecule has 2 atom stereocenters. The van der Waals surface area contributed by atoms with Gasteiger partial charge in [-0.05, 0) is 43.2 Å². The third-order valence-electron chi connectivity index (χ3n) is 5.45. The highest BCUT2D eigenvalue weighted by Crippen LogP contribution is 2.30. The zero-order valence-electron chi connectivity index (χ0n) is 19.2. The van der Waals surface area contributed by atoms with Crippen LogP contribution in [0.3, 0.4) is 0 Å². The van der Waals surface area contributed by atoms with Gasteiger partial charge in [-0.1, -0.05) is 24.3 Å². The molecule has 2 aromatic carbocycles. The van der Waals surface area contributed by atoms with Gasteiger partial charge < -0.3 is 29.5 Å². The van der Waals surface area contributed by atoms with E-state index in [9.17, 15) is 5.11 Å². The van der Waals surface area contributed by atoms with Gasteiger partial charge in [0.1, 0.15) is 23.7 Å². The lowest BCUT2D eigenvalue weighted by atomic mass is 10.0. The van der Waals surface area contributed by atoms with Gasteiger partial charge in [0, 0.05) is 18.7 Å². The summed E-state index contributed by atoms with van der Waals surface area (Å²) in [5.41, 5.74) is 3.07. The highest BCUT2D eigenvalue weighted by atomic mass is 127. The van der Waals surface area contributed by atoms with Gasteiger partial charge in [0.05, 0.1) is 33.9 Å². The third kappa shape index (κ3) is 6.49. The molecule has 1 saturated heterocycles. The molecule has 1 aliphatic heterocycles. The molecule has 8 heteroatoms. The summed E-state index contributed by atoms with van der Waals surface area (Å²) in [7, 11) is 3.19. The number of benzene rings is 2. The summed E-state index contributed by atoms with van der Waals surface area (Å²) >= 11 is 0. The van der Waals surface area contributed by atoms with Crippen LogP contribution in [0.2, 0.25) is 0 Å². The van der Waals surface area contributed by atoms with Crippen molar-refractivity contribution in [2.45, 2.75) is 26.1 Å². The minimum absolute atomic E-state index is 0. The van der Waals surface area contributed by atoms with Crippen LogP contribution in [0.15, 0.2) is 47.5 Å². The molecular formula is C24H34IN3O4. The first kappa shape index (κ1) is 26.2. The fourth-order valence-electron chi connectivity index (χ4n) is 3.77. The Balaban J connectivity index is 0.00000363. The standard InChI is InChI=1S/C24H33N3O4.HI/c1-5-25-24(26-15-21(28)20-14-18(29-3)10-11-22(20)30-4)27-12-13-31-23(16-27)19-9-7-6-8-17(19)2;/h6-11,14,21,23,28H,5,12-13,15-16H2,1-4H3,(H,25,26);1H. The number of morpholine rings is 1. The average Bonchev–Trinajstić information content (AvgIpc) is 2.81. The van der Waals surface area contributed by atoms with Crippen LogP contribution in [0, 0.1) is 6.92 Å². The number of aliphatic hydroxyl groups is 1. The largest absolute Gasteiger partial charge is 0.497 e. The van der Waals surface area contributed by atoms with Gasteiger partial charge in [0.2, 0.25) is 0 Å². The van der Waals surface area contributed by atoms with Crippen LogP contribution >= 0.6 is 24.0 Å². The highest BCUT2D eigenvalue weighted by molar-refractivity contribution is 14.0. The summed E-state index contributed by atoms with van der Waals surface area (Å²) in [4.78, 5) is 6.92. The van der Waals surface area contributed by atoms with Crippen LogP contribution in [-0.2, 0) is 4.74 Å². The molecule has 1 aliphatic rings. The van der Waals surface area contributed by atoms with E-state index in [1.165, 1.54) is 11.1 Å². The van der Waals surface area contributed by atoms with E-state index in [-0.39, 0.29) is 36.6 Å². The Morgan fingerprint density at radius 1 is 1.25 bits per heavy atom. The average molecular weight is 555 g/mol. The van der Waals surface area contributed by atoms with Gasteiger partial charge in [-0.15, -0.1) is 24.0 Å². The number of aliphatic hydroxyl groups excluding tert-OH is 1. The second kappa shape index (κ2) is 12.9. The molecule has 0 saturated carbocycles. The molecular weight excluding hydrogens is 521 g/mol. The van der Waals surface area contributed by atoms with Crippen LogP contribution in [0.4, 0.5) is 0 Å². The van der Waals surface area contributed by atoms with E-state index in [2.05, 4.69) is 29.3 Å². The van der Waals surface area contributed by atoms with Gasteiger partial charge >= 0.3 is 0 Å². The molecule has 7 nitrogen and oxygen atoms in total. The second-order valence-corrected chi connectivity index (χ2v) is 7.48. The minimum Gasteiger partial charge on any atom is -0.497 e. The number of hydrogen-bond donors (Lipinski definition) is 2.